The van der Waals surface area contributed by atoms with Crippen molar-refractivity contribution < 1.29 is 8.42 Å². The normalized spacial score (nSPS) is 13.2. The van der Waals surface area contributed by atoms with Crippen molar-refractivity contribution in [1.82, 2.24) is 4.83 Å². The van der Waals surface area contributed by atoms with Crippen LogP contribution in [-0.2, 0) is 10.0 Å². The maximum absolute atomic E-state index is 12.0. The van der Waals surface area contributed by atoms with Gasteiger partial charge in [-0.2, -0.15) is 13.5 Å². The van der Waals surface area contributed by atoms with Crippen molar-refractivity contribution in [1.29, 1.82) is 0 Å². The molecule has 2 rings (SSSR count). The van der Waals surface area contributed by atoms with E-state index in [0.29, 0.717) is 5.02 Å². The first-order valence-electron chi connectivity index (χ1n) is 6.34. The molecular weight excluding hydrogens is 308 g/mol. The van der Waals surface area contributed by atoms with E-state index in [4.69, 9.17) is 11.6 Å². The molecule has 1 unspecified atom stereocenters. The number of hydrazone groups is 1. The minimum atomic E-state index is -3.66. The van der Waals surface area contributed by atoms with Crippen LogP contribution < -0.4 is 4.83 Å². The number of halogens is 1. The number of nitrogens with one attached hydrogen (secondary N) is 1. The summed E-state index contributed by atoms with van der Waals surface area (Å²) in [5.74, 6) is 0.0131. The fourth-order valence-electron chi connectivity index (χ4n) is 1.72. The van der Waals surface area contributed by atoms with E-state index >= 15 is 0 Å². The third kappa shape index (κ3) is 4.31. The first kappa shape index (κ1) is 15.5. The summed E-state index contributed by atoms with van der Waals surface area (Å²) in [6.45, 7) is 1.94. The largest absolute Gasteiger partial charge is 0.276 e. The highest BCUT2D eigenvalue weighted by Gasteiger charge is 2.12. The molecule has 0 saturated carbocycles. The van der Waals surface area contributed by atoms with Gasteiger partial charge in [0.2, 0.25) is 0 Å². The van der Waals surface area contributed by atoms with Gasteiger partial charge in [-0.3, -0.25) is 0 Å². The average molecular weight is 323 g/mol. The Kier molecular flexibility index (Phi) is 4.98. The van der Waals surface area contributed by atoms with Crippen LogP contribution in [0.15, 0.2) is 64.6 Å². The fourth-order valence-corrected chi connectivity index (χ4v) is 2.65. The lowest BCUT2D eigenvalue weighted by Gasteiger charge is -2.06. The molecule has 2 aromatic rings. The molecule has 1 atom stereocenters. The van der Waals surface area contributed by atoms with E-state index in [-0.39, 0.29) is 10.8 Å². The predicted molar refractivity (Wildman–Crippen MR) is 85.1 cm³/mol. The zero-order valence-corrected chi connectivity index (χ0v) is 13.0. The van der Waals surface area contributed by atoms with Crippen LogP contribution in [0.3, 0.4) is 0 Å². The van der Waals surface area contributed by atoms with Crippen LogP contribution in [0.1, 0.15) is 18.4 Å². The van der Waals surface area contributed by atoms with E-state index < -0.39 is 10.0 Å². The summed E-state index contributed by atoms with van der Waals surface area (Å²) in [6, 6.07) is 15.6. The number of rotatable bonds is 5. The van der Waals surface area contributed by atoms with Crippen molar-refractivity contribution in [3.8, 4) is 0 Å². The number of sulfonamides is 1. The zero-order chi connectivity index (χ0) is 15.3. The van der Waals surface area contributed by atoms with Gasteiger partial charge in [-0.15, -0.1) is 0 Å². The Hall–Kier alpha value is -1.85. The second-order valence-electron chi connectivity index (χ2n) is 4.53. The lowest BCUT2D eigenvalue weighted by Crippen LogP contribution is -2.18. The van der Waals surface area contributed by atoms with Gasteiger partial charge in [-0.1, -0.05) is 48.9 Å². The van der Waals surface area contributed by atoms with Crippen molar-refractivity contribution in [3.63, 3.8) is 0 Å². The van der Waals surface area contributed by atoms with Crippen molar-refractivity contribution in [2.24, 2.45) is 5.10 Å². The number of hydrogen-bond donors (Lipinski definition) is 1. The Morgan fingerprint density at radius 1 is 1.10 bits per heavy atom. The standard InChI is InChI=1S/C15H15ClN2O2S/c1-12(13-5-3-2-4-6-13)11-17-18-21(19,20)15-9-7-14(16)8-10-15/h2-12,18H,1H3. The topological polar surface area (TPSA) is 58.5 Å². The van der Waals surface area contributed by atoms with Gasteiger partial charge in [0.05, 0.1) is 4.90 Å². The summed E-state index contributed by atoms with van der Waals surface area (Å²) in [5, 5.41) is 4.30. The highest BCUT2D eigenvalue weighted by molar-refractivity contribution is 7.89. The van der Waals surface area contributed by atoms with Crippen LogP contribution in [0.25, 0.3) is 0 Å². The predicted octanol–water partition coefficient (Wildman–Crippen LogP) is 3.41. The molecule has 4 nitrogen and oxygen atoms in total. The monoisotopic (exact) mass is 322 g/mol. The van der Waals surface area contributed by atoms with Crippen LogP contribution >= 0.6 is 11.6 Å². The Labute approximate surface area is 129 Å². The summed E-state index contributed by atoms with van der Waals surface area (Å²) in [6.07, 6.45) is 1.56. The molecule has 0 heterocycles. The average Bonchev–Trinajstić information content (AvgIpc) is 2.48. The fraction of sp³-hybridized carbons (Fsp3) is 0.133. The number of benzene rings is 2. The Balaban J connectivity index is 2.05. The number of nitrogens with zero attached hydrogens (tertiary/aromatic N) is 1. The van der Waals surface area contributed by atoms with Gasteiger partial charge < -0.3 is 0 Å². The van der Waals surface area contributed by atoms with Gasteiger partial charge in [-0.25, -0.2) is 4.83 Å². The molecule has 2 aromatic carbocycles. The molecule has 0 aliphatic rings. The minimum Gasteiger partial charge on any atom is -0.200 e. The summed E-state index contributed by atoms with van der Waals surface area (Å²) in [4.78, 5) is 2.32. The minimum absolute atomic E-state index is 0.0131. The molecule has 0 radical (unpaired) electrons. The molecule has 6 heteroatoms. The molecule has 0 aromatic heterocycles. The maximum Gasteiger partial charge on any atom is 0.276 e. The van der Waals surface area contributed by atoms with Crippen LogP contribution in [0.4, 0.5) is 0 Å². The zero-order valence-electron chi connectivity index (χ0n) is 11.4. The Bertz CT molecular complexity index is 713. The summed E-state index contributed by atoms with van der Waals surface area (Å²) < 4.78 is 24.0. The lowest BCUT2D eigenvalue weighted by atomic mass is 10.0. The SMILES string of the molecule is CC(C=NNS(=O)(=O)c1ccc(Cl)cc1)c1ccccc1. The van der Waals surface area contributed by atoms with Gasteiger partial charge in [0.25, 0.3) is 10.0 Å². The van der Waals surface area contributed by atoms with Gasteiger partial charge in [-0.05, 0) is 29.8 Å². The molecule has 0 amide bonds. The van der Waals surface area contributed by atoms with E-state index in [1.54, 1.807) is 6.21 Å². The second kappa shape index (κ2) is 6.74. The molecule has 21 heavy (non-hydrogen) atoms. The van der Waals surface area contributed by atoms with E-state index in [9.17, 15) is 8.42 Å². The molecule has 0 spiro atoms. The van der Waals surface area contributed by atoms with Gasteiger partial charge >= 0.3 is 0 Å². The third-order valence-corrected chi connectivity index (χ3v) is 4.41. The lowest BCUT2D eigenvalue weighted by molar-refractivity contribution is 0.584. The molecule has 110 valence electrons. The second-order valence-corrected chi connectivity index (χ2v) is 6.62. The van der Waals surface area contributed by atoms with Gasteiger partial charge in [0.1, 0.15) is 0 Å². The van der Waals surface area contributed by atoms with Crippen molar-refractivity contribution in [2.75, 3.05) is 0 Å². The van der Waals surface area contributed by atoms with Gasteiger partial charge in [0, 0.05) is 17.2 Å². The number of hydrogen-bond acceptors (Lipinski definition) is 3. The molecule has 1 N–H and O–H groups in total. The van der Waals surface area contributed by atoms with E-state index in [2.05, 4.69) is 9.93 Å². The molecule has 0 saturated heterocycles. The van der Waals surface area contributed by atoms with E-state index in [0.717, 1.165) is 5.56 Å². The van der Waals surface area contributed by atoms with Crippen molar-refractivity contribution >= 4 is 27.8 Å². The van der Waals surface area contributed by atoms with Gasteiger partial charge in [0.15, 0.2) is 0 Å². The molecule has 0 fully saturated rings. The quantitative estimate of drug-likeness (QED) is 0.677. The first-order valence-corrected chi connectivity index (χ1v) is 8.20. The highest BCUT2D eigenvalue weighted by atomic mass is 35.5. The van der Waals surface area contributed by atoms with Crippen molar-refractivity contribution in [2.45, 2.75) is 17.7 Å². The third-order valence-electron chi connectivity index (χ3n) is 2.92. The molecule has 0 aliphatic heterocycles. The smallest absolute Gasteiger partial charge is 0.200 e. The summed E-state index contributed by atoms with van der Waals surface area (Å²) in [5.41, 5.74) is 1.06. The molecule has 0 bridgehead atoms. The highest BCUT2D eigenvalue weighted by Crippen LogP contribution is 2.14. The molecular formula is C15H15ClN2O2S. The van der Waals surface area contributed by atoms with Crippen molar-refractivity contribution in [3.05, 3.63) is 65.2 Å². The van der Waals surface area contributed by atoms with Crippen LogP contribution in [0.5, 0.6) is 0 Å². The van der Waals surface area contributed by atoms with E-state index in [1.165, 1.54) is 24.3 Å². The Morgan fingerprint density at radius 2 is 1.71 bits per heavy atom. The maximum atomic E-state index is 12.0. The van der Waals surface area contributed by atoms with Crippen LogP contribution in [-0.4, -0.2) is 14.6 Å². The molecule has 0 aliphatic carbocycles. The van der Waals surface area contributed by atoms with Crippen LogP contribution in [0, 0.1) is 0 Å². The first-order chi connectivity index (χ1) is 9.99. The van der Waals surface area contributed by atoms with E-state index in [1.807, 2.05) is 37.3 Å². The van der Waals surface area contributed by atoms with Crippen LogP contribution in [0.2, 0.25) is 5.02 Å². The Morgan fingerprint density at radius 3 is 2.33 bits per heavy atom. The summed E-state index contributed by atoms with van der Waals surface area (Å²) in [7, 11) is -3.66. The summed E-state index contributed by atoms with van der Waals surface area (Å²) >= 11 is 5.73.